The molecule has 0 radical (unpaired) electrons. The summed E-state index contributed by atoms with van der Waals surface area (Å²) in [5.74, 6) is 0.0548. The second-order valence-corrected chi connectivity index (χ2v) is 6.18. The van der Waals surface area contributed by atoms with Crippen LogP contribution in [-0.2, 0) is 4.74 Å². The molecule has 3 rings (SSSR count). The Morgan fingerprint density at radius 2 is 1.63 bits per heavy atom. The lowest BCUT2D eigenvalue weighted by Crippen LogP contribution is -2.25. The molecule has 0 spiro atoms. The van der Waals surface area contributed by atoms with Crippen molar-refractivity contribution < 1.29 is 23.8 Å². The van der Waals surface area contributed by atoms with Gasteiger partial charge in [0.2, 0.25) is 5.78 Å². The normalized spacial score (nSPS) is 11.9. The lowest BCUT2D eigenvalue weighted by Gasteiger charge is -2.14. The number of Topliss-reactive ketones (excluding diaryl/α,β-unsaturated/α-hetero) is 1. The van der Waals surface area contributed by atoms with Gasteiger partial charge >= 0.3 is 5.97 Å². The van der Waals surface area contributed by atoms with Crippen molar-refractivity contribution in [3.63, 3.8) is 0 Å². The molecule has 0 aliphatic heterocycles. The number of methoxy groups -OCH3 is 2. The molecule has 6 heteroatoms. The quantitative estimate of drug-likeness (QED) is 0.528. The Balaban J connectivity index is 1.84. The van der Waals surface area contributed by atoms with Crippen LogP contribution >= 0.6 is 0 Å². The largest absolute Gasteiger partial charge is 0.497 e. The van der Waals surface area contributed by atoms with Gasteiger partial charge in [0.05, 0.1) is 19.8 Å². The molecule has 0 saturated carbocycles. The van der Waals surface area contributed by atoms with Crippen LogP contribution in [0.4, 0.5) is 0 Å². The van der Waals surface area contributed by atoms with Crippen molar-refractivity contribution in [1.29, 1.82) is 0 Å². The minimum absolute atomic E-state index is 0.251. The smallest absolute Gasteiger partial charge is 0.339 e. The zero-order chi connectivity index (χ0) is 19.6. The molecule has 0 bridgehead atoms. The van der Waals surface area contributed by atoms with E-state index >= 15 is 0 Å². The van der Waals surface area contributed by atoms with Crippen LogP contribution in [0.1, 0.15) is 33.3 Å². The zero-order valence-corrected chi connectivity index (χ0v) is 15.7. The summed E-state index contributed by atoms with van der Waals surface area (Å²) >= 11 is 0. The lowest BCUT2D eigenvalue weighted by molar-refractivity contribution is 0.0318. The number of esters is 1. The predicted octanol–water partition coefficient (Wildman–Crippen LogP) is 3.92. The molecule has 140 valence electrons. The second kappa shape index (κ2) is 7.53. The summed E-state index contributed by atoms with van der Waals surface area (Å²) in [6.07, 6.45) is -0.937. The van der Waals surface area contributed by atoms with Gasteiger partial charge in [0.25, 0.3) is 0 Å². The average Bonchev–Trinajstić information content (AvgIpc) is 3.02. The van der Waals surface area contributed by atoms with Crippen LogP contribution in [0.5, 0.6) is 11.5 Å². The molecule has 1 heterocycles. The van der Waals surface area contributed by atoms with Crippen molar-refractivity contribution in [2.75, 3.05) is 14.2 Å². The standard InChI is InChI=1S/C21H21NO5/c1-12-19(17-7-5-6-8-18(17)22-12)20(23)13(2)27-21(24)14-9-15(25-3)11-16(10-14)26-4/h5-11,13,22H,1-4H3. The van der Waals surface area contributed by atoms with Crippen molar-refractivity contribution in [3.05, 3.63) is 59.3 Å². The van der Waals surface area contributed by atoms with Gasteiger partial charge in [0.15, 0.2) is 6.10 Å². The highest BCUT2D eigenvalue weighted by molar-refractivity contribution is 6.11. The number of hydrogen-bond acceptors (Lipinski definition) is 5. The first-order chi connectivity index (χ1) is 12.9. The molecule has 0 aliphatic rings. The van der Waals surface area contributed by atoms with Crippen LogP contribution < -0.4 is 9.47 Å². The Morgan fingerprint density at radius 1 is 1.00 bits per heavy atom. The molecule has 1 aromatic heterocycles. The molecule has 27 heavy (non-hydrogen) atoms. The molecule has 0 aliphatic carbocycles. The van der Waals surface area contributed by atoms with E-state index in [0.29, 0.717) is 17.1 Å². The van der Waals surface area contributed by atoms with Crippen LogP contribution in [-0.4, -0.2) is 37.1 Å². The molecule has 1 unspecified atom stereocenters. The van der Waals surface area contributed by atoms with E-state index in [4.69, 9.17) is 14.2 Å². The van der Waals surface area contributed by atoms with Crippen molar-refractivity contribution in [2.45, 2.75) is 20.0 Å². The van der Waals surface area contributed by atoms with Crippen molar-refractivity contribution in [2.24, 2.45) is 0 Å². The van der Waals surface area contributed by atoms with Gasteiger partial charge < -0.3 is 19.2 Å². The third kappa shape index (κ3) is 3.65. The van der Waals surface area contributed by atoms with Crippen LogP contribution in [0.25, 0.3) is 10.9 Å². The fraction of sp³-hybridized carbons (Fsp3) is 0.238. The zero-order valence-electron chi connectivity index (χ0n) is 15.7. The summed E-state index contributed by atoms with van der Waals surface area (Å²) < 4.78 is 15.7. The Bertz CT molecular complexity index is 983. The topological polar surface area (TPSA) is 77.6 Å². The average molecular weight is 367 g/mol. The molecular weight excluding hydrogens is 346 g/mol. The predicted molar refractivity (Wildman–Crippen MR) is 102 cm³/mol. The Morgan fingerprint density at radius 3 is 2.26 bits per heavy atom. The summed E-state index contributed by atoms with van der Waals surface area (Å²) in [6, 6.07) is 12.3. The number of aromatic amines is 1. The number of nitrogens with one attached hydrogen (secondary N) is 1. The number of carbonyl (C=O) groups is 2. The molecule has 1 N–H and O–H groups in total. The van der Waals surface area contributed by atoms with E-state index in [2.05, 4.69) is 4.98 Å². The van der Waals surface area contributed by atoms with Gasteiger partial charge in [0.1, 0.15) is 11.5 Å². The minimum atomic E-state index is -0.937. The highest BCUT2D eigenvalue weighted by Crippen LogP contribution is 2.26. The van der Waals surface area contributed by atoms with Gasteiger partial charge in [-0.2, -0.15) is 0 Å². The Kier molecular flexibility index (Phi) is 5.16. The molecule has 6 nitrogen and oxygen atoms in total. The van der Waals surface area contributed by atoms with E-state index in [-0.39, 0.29) is 11.3 Å². The minimum Gasteiger partial charge on any atom is -0.497 e. The summed E-state index contributed by atoms with van der Waals surface area (Å²) in [7, 11) is 2.99. The molecular formula is C21H21NO5. The van der Waals surface area contributed by atoms with Gasteiger partial charge in [-0.1, -0.05) is 18.2 Å². The number of ketones is 1. The second-order valence-electron chi connectivity index (χ2n) is 6.18. The number of H-pyrrole nitrogens is 1. The highest BCUT2D eigenvalue weighted by atomic mass is 16.5. The highest BCUT2D eigenvalue weighted by Gasteiger charge is 2.25. The lowest BCUT2D eigenvalue weighted by atomic mass is 10.0. The van der Waals surface area contributed by atoms with E-state index in [1.807, 2.05) is 31.2 Å². The van der Waals surface area contributed by atoms with E-state index in [1.165, 1.54) is 14.2 Å². The number of rotatable bonds is 6. The van der Waals surface area contributed by atoms with E-state index in [9.17, 15) is 9.59 Å². The number of fused-ring (bicyclic) bond motifs is 1. The first-order valence-corrected chi connectivity index (χ1v) is 8.50. The number of ether oxygens (including phenoxy) is 3. The molecule has 2 aromatic carbocycles. The molecule has 0 saturated heterocycles. The van der Waals surface area contributed by atoms with Gasteiger partial charge in [-0.05, 0) is 32.0 Å². The summed E-state index contributed by atoms with van der Waals surface area (Å²) in [5.41, 5.74) is 2.40. The third-order valence-electron chi connectivity index (χ3n) is 4.38. The van der Waals surface area contributed by atoms with E-state index in [1.54, 1.807) is 25.1 Å². The first-order valence-electron chi connectivity index (χ1n) is 8.50. The van der Waals surface area contributed by atoms with Crippen LogP contribution in [0.15, 0.2) is 42.5 Å². The monoisotopic (exact) mass is 367 g/mol. The number of benzene rings is 2. The van der Waals surface area contributed by atoms with E-state index in [0.717, 1.165) is 16.6 Å². The Labute approximate surface area is 157 Å². The van der Waals surface area contributed by atoms with Gasteiger partial charge in [0, 0.05) is 28.2 Å². The van der Waals surface area contributed by atoms with E-state index < -0.39 is 12.1 Å². The number of aromatic nitrogens is 1. The van der Waals surface area contributed by atoms with Crippen molar-refractivity contribution >= 4 is 22.7 Å². The summed E-state index contributed by atoms with van der Waals surface area (Å²) in [5, 5.41) is 0.811. The van der Waals surface area contributed by atoms with Crippen LogP contribution in [0.2, 0.25) is 0 Å². The molecule has 3 aromatic rings. The van der Waals surface area contributed by atoms with Gasteiger partial charge in [-0.15, -0.1) is 0 Å². The molecule has 1 atom stereocenters. The third-order valence-corrected chi connectivity index (χ3v) is 4.38. The maximum absolute atomic E-state index is 12.9. The van der Waals surface area contributed by atoms with Gasteiger partial charge in [-0.3, -0.25) is 4.79 Å². The molecule has 0 fully saturated rings. The number of carbonyl (C=O) groups excluding carboxylic acids is 2. The summed E-state index contributed by atoms with van der Waals surface area (Å²) in [6.45, 7) is 3.40. The van der Waals surface area contributed by atoms with Crippen LogP contribution in [0, 0.1) is 6.92 Å². The van der Waals surface area contributed by atoms with Crippen LogP contribution in [0.3, 0.4) is 0 Å². The fourth-order valence-electron chi connectivity index (χ4n) is 3.00. The SMILES string of the molecule is COc1cc(OC)cc(C(=O)OC(C)C(=O)c2c(C)[nH]c3ccccc23)c1. The number of para-hydroxylation sites is 1. The molecule has 0 amide bonds. The maximum Gasteiger partial charge on any atom is 0.339 e. The maximum atomic E-state index is 12.9. The van der Waals surface area contributed by atoms with Crippen molar-refractivity contribution in [1.82, 2.24) is 4.98 Å². The first kappa shape index (κ1) is 18.5. The van der Waals surface area contributed by atoms with Crippen molar-refractivity contribution in [3.8, 4) is 11.5 Å². The number of hydrogen-bond donors (Lipinski definition) is 1. The fourth-order valence-corrected chi connectivity index (χ4v) is 3.00. The Hall–Kier alpha value is -3.28. The van der Waals surface area contributed by atoms with Gasteiger partial charge in [-0.25, -0.2) is 4.79 Å². The number of aryl methyl sites for hydroxylation is 1. The summed E-state index contributed by atoms with van der Waals surface area (Å²) in [4.78, 5) is 28.6.